The van der Waals surface area contributed by atoms with Crippen LogP contribution in [-0.4, -0.2) is 42.6 Å². The molecule has 1 atom stereocenters. The summed E-state index contributed by atoms with van der Waals surface area (Å²) in [5, 5.41) is 6.35. The molecule has 0 saturated carbocycles. The number of nitrogens with one attached hydrogen (secondary N) is 2. The minimum atomic E-state index is 0.103. The lowest BCUT2D eigenvalue weighted by atomic mass is 10.0. The Balaban J connectivity index is 1.70. The summed E-state index contributed by atoms with van der Waals surface area (Å²) in [6.45, 7) is 6.51. The molecule has 2 rings (SSSR count). The molecule has 1 fully saturated rings. The van der Waals surface area contributed by atoms with Crippen molar-refractivity contribution in [3.05, 3.63) is 24.4 Å². The number of anilines is 1. The van der Waals surface area contributed by atoms with E-state index in [0.717, 1.165) is 38.2 Å². The molecule has 1 saturated heterocycles. The van der Waals surface area contributed by atoms with Crippen molar-refractivity contribution in [2.75, 3.05) is 24.5 Å². The fraction of sp³-hybridized carbons (Fsp3) is 0.625. The zero-order valence-electron chi connectivity index (χ0n) is 13.0. The standard InChI is InChI=1S/C16H26N4O/c1-3-13(2)18-12-16(21)19-14-7-10-20(11-8-14)15-6-4-5-9-17-15/h4-6,9,13-14,18H,3,7-8,10-12H2,1-2H3,(H,19,21). The number of amides is 1. The largest absolute Gasteiger partial charge is 0.356 e. The molecule has 1 aromatic rings. The van der Waals surface area contributed by atoms with Gasteiger partial charge in [-0.1, -0.05) is 13.0 Å². The molecular weight excluding hydrogens is 264 g/mol. The van der Waals surface area contributed by atoms with Gasteiger partial charge in [-0.2, -0.15) is 0 Å². The van der Waals surface area contributed by atoms with Gasteiger partial charge in [-0.3, -0.25) is 4.79 Å². The van der Waals surface area contributed by atoms with Crippen molar-refractivity contribution >= 4 is 11.7 Å². The molecule has 1 aliphatic heterocycles. The third-order valence-corrected chi connectivity index (χ3v) is 4.06. The molecule has 0 radical (unpaired) electrons. The molecule has 1 unspecified atom stereocenters. The maximum atomic E-state index is 11.9. The Labute approximate surface area is 127 Å². The first-order valence-corrected chi connectivity index (χ1v) is 7.87. The van der Waals surface area contributed by atoms with Crippen molar-refractivity contribution in [1.82, 2.24) is 15.6 Å². The molecule has 1 aliphatic rings. The number of hydrogen-bond donors (Lipinski definition) is 2. The second-order valence-electron chi connectivity index (χ2n) is 5.71. The van der Waals surface area contributed by atoms with E-state index in [-0.39, 0.29) is 11.9 Å². The van der Waals surface area contributed by atoms with Crippen molar-refractivity contribution < 1.29 is 4.79 Å². The zero-order valence-corrected chi connectivity index (χ0v) is 13.0. The van der Waals surface area contributed by atoms with Gasteiger partial charge >= 0.3 is 0 Å². The summed E-state index contributed by atoms with van der Waals surface area (Å²) in [5.41, 5.74) is 0. The number of carbonyl (C=O) groups is 1. The van der Waals surface area contributed by atoms with Crippen LogP contribution in [0.4, 0.5) is 5.82 Å². The summed E-state index contributed by atoms with van der Waals surface area (Å²) < 4.78 is 0. The van der Waals surface area contributed by atoms with Gasteiger partial charge in [0.1, 0.15) is 5.82 Å². The van der Waals surface area contributed by atoms with Crippen LogP contribution in [0.15, 0.2) is 24.4 Å². The van der Waals surface area contributed by atoms with Crippen molar-refractivity contribution in [3.63, 3.8) is 0 Å². The van der Waals surface area contributed by atoms with Crippen molar-refractivity contribution in [1.29, 1.82) is 0 Å². The van der Waals surface area contributed by atoms with Crippen molar-refractivity contribution in [3.8, 4) is 0 Å². The predicted molar refractivity (Wildman–Crippen MR) is 85.4 cm³/mol. The van der Waals surface area contributed by atoms with E-state index in [1.54, 1.807) is 0 Å². The number of aromatic nitrogens is 1. The summed E-state index contributed by atoms with van der Waals surface area (Å²) in [7, 11) is 0. The molecule has 21 heavy (non-hydrogen) atoms. The molecule has 5 heteroatoms. The Bertz CT molecular complexity index is 429. The first-order chi connectivity index (χ1) is 10.2. The quantitative estimate of drug-likeness (QED) is 0.835. The molecule has 0 aromatic carbocycles. The van der Waals surface area contributed by atoms with Crippen LogP contribution in [0, 0.1) is 0 Å². The highest BCUT2D eigenvalue weighted by Crippen LogP contribution is 2.17. The molecule has 1 amide bonds. The lowest BCUT2D eigenvalue weighted by Crippen LogP contribution is -2.47. The topological polar surface area (TPSA) is 57.3 Å². The molecular formula is C16H26N4O. The van der Waals surface area contributed by atoms with E-state index in [2.05, 4.69) is 34.4 Å². The molecule has 0 bridgehead atoms. The van der Waals surface area contributed by atoms with Gasteiger partial charge in [0.2, 0.25) is 5.91 Å². The molecule has 0 spiro atoms. The first-order valence-electron chi connectivity index (χ1n) is 7.87. The minimum absolute atomic E-state index is 0.103. The van der Waals surface area contributed by atoms with E-state index in [0.29, 0.717) is 12.6 Å². The van der Waals surface area contributed by atoms with E-state index >= 15 is 0 Å². The predicted octanol–water partition coefficient (Wildman–Crippen LogP) is 1.55. The second-order valence-corrected chi connectivity index (χ2v) is 5.71. The summed E-state index contributed by atoms with van der Waals surface area (Å²) in [5.74, 6) is 1.13. The van der Waals surface area contributed by atoms with Crippen LogP contribution in [0.3, 0.4) is 0 Å². The normalized spacial score (nSPS) is 17.5. The maximum Gasteiger partial charge on any atom is 0.234 e. The Morgan fingerprint density at radius 1 is 1.43 bits per heavy atom. The number of hydrogen-bond acceptors (Lipinski definition) is 4. The van der Waals surface area contributed by atoms with E-state index in [1.165, 1.54) is 0 Å². The van der Waals surface area contributed by atoms with Gasteiger partial charge in [-0.05, 0) is 38.3 Å². The highest BCUT2D eigenvalue weighted by molar-refractivity contribution is 5.78. The van der Waals surface area contributed by atoms with Gasteiger partial charge in [0.15, 0.2) is 0 Å². The van der Waals surface area contributed by atoms with E-state index < -0.39 is 0 Å². The lowest BCUT2D eigenvalue weighted by molar-refractivity contribution is -0.121. The Hall–Kier alpha value is -1.62. The lowest BCUT2D eigenvalue weighted by Gasteiger charge is -2.33. The van der Waals surface area contributed by atoms with Crippen LogP contribution in [0.1, 0.15) is 33.1 Å². The fourth-order valence-electron chi connectivity index (χ4n) is 2.48. The smallest absolute Gasteiger partial charge is 0.234 e. The van der Waals surface area contributed by atoms with Crippen LogP contribution in [0.25, 0.3) is 0 Å². The Kier molecular flexibility index (Phi) is 5.99. The van der Waals surface area contributed by atoms with Gasteiger partial charge in [-0.25, -0.2) is 4.98 Å². The van der Waals surface area contributed by atoms with Crippen molar-refractivity contribution in [2.24, 2.45) is 0 Å². The number of piperidine rings is 1. The molecule has 2 N–H and O–H groups in total. The average Bonchev–Trinajstić information content (AvgIpc) is 2.54. The maximum absolute atomic E-state index is 11.9. The SMILES string of the molecule is CCC(C)NCC(=O)NC1CCN(c2ccccn2)CC1. The summed E-state index contributed by atoms with van der Waals surface area (Å²) >= 11 is 0. The Morgan fingerprint density at radius 2 is 2.19 bits per heavy atom. The average molecular weight is 290 g/mol. The van der Waals surface area contributed by atoms with Crippen molar-refractivity contribution in [2.45, 2.75) is 45.2 Å². The van der Waals surface area contributed by atoms with Gasteiger partial charge in [0, 0.05) is 31.4 Å². The molecule has 1 aromatic heterocycles. The van der Waals surface area contributed by atoms with Crippen LogP contribution < -0.4 is 15.5 Å². The van der Waals surface area contributed by atoms with Crippen LogP contribution in [-0.2, 0) is 4.79 Å². The number of rotatable bonds is 6. The fourth-order valence-corrected chi connectivity index (χ4v) is 2.48. The summed E-state index contributed by atoms with van der Waals surface area (Å²) in [4.78, 5) is 18.5. The van der Waals surface area contributed by atoms with Crippen LogP contribution in [0.5, 0.6) is 0 Å². The van der Waals surface area contributed by atoms with Crippen LogP contribution >= 0.6 is 0 Å². The highest BCUT2D eigenvalue weighted by atomic mass is 16.2. The summed E-state index contributed by atoms with van der Waals surface area (Å²) in [6.07, 6.45) is 4.82. The Morgan fingerprint density at radius 3 is 2.81 bits per heavy atom. The molecule has 116 valence electrons. The van der Waals surface area contributed by atoms with E-state index in [4.69, 9.17) is 0 Å². The zero-order chi connectivity index (χ0) is 15.1. The van der Waals surface area contributed by atoms with Crippen LogP contribution in [0.2, 0.25) is 0 Å². The minimum Gasteiger partial charge on any atom is -0.356 e. The third-order valence-electron chi connectivity index (χ3n) is 4.06. The third kappa shape index (κ3) is 5.01. The highest BCUT2D eigenvalue weighted by Gasteiger charge is 2.21. The number of carbonyl (C=O) groups excluding carboxylic acids is 1. The van der Waals surface area contributed by atoms with E-state index in [9.17, 15) is 4.79 Å². The first kappa shape index (κ1) is 15.8. The number of pyridine rings is 1. The van der Waals surface area contributed by atoms with E-state index in [1.807, 2.05) is 24.4 Å². The molecule has 2 heterocycles. The summed E-state index contributed by atoms with van der Waals surface area (Å²) in [6, 6.07) is 6.66. The number of nitrogens with zero attached hydrogens (tertiary/aromatic N) is 2. The molecule has 5 nitrogen and oxygen atoms in total. The van der Waals surface area contributed by atoms with Gasteiger partial charge in [0.05, 0.1) is 6.54 Å². The second kappa shape index (κ2) is 7.98. The molecule has 0 aliphatic carbocycles. The van der Waals surface area contributed by atoms with Gasteiger partial charge in [-0.15, -0.1) is 0 Å². The monoisotopic (exact) mass is 290 g/mol. The van der Waals surface area contributed by atoms with Gasteiger partial charge < -0.3 is 15.5 Å². The van der Waals surface area contributed by atoms with Gasteiger partial charge in [0.25, 0.3) is 0 Å².